The van der Waals surface area contributed by atoms with Crippen molar-refractivity contribution in [2.45, 2.75) is 115 Å². The molecule has 2 aliphatic rings. The number of esters is 5. The number of carbonyl (C=O) groups excluding carboxylic acids is 5. The molecule has 75 heavy (non-hydrogen) atoms. The van der Waals surface area contributed by atoms with Crippen LogP contribution in [0.25, 0.3) is 43.6 Å². The third-order valence-corrected chi connectivity index (χ3v) is 13.6. The zero-order valence-electron chi connectivity index (χ0n) is 42.9. The van der Waals surface area contributed by atoms with E-state index in [-0.39, 0.29) is 62.4 Å². The second-order valence-electron chi connectivity index (χ2n) is 18.9. The smallest absolute Gasteiger partial charge is 0.330 e. The predicted molar refractivity (Wildman–Crippen MR) is 283 cm³/mol. The van der Waals surface area contributed by atoms with Gasteiger partial charge in [-0.3, -0.25) is 9.59 Å². The maximum atomic E-state index is 13.7. The summed E-state index contributed by atoms with van der Waals surface area (Å²) in [7, 11) is 0. The first-order valence-corrected chi connectivity index (χ1v) is 26.5. The van der Waals surface area contributed by atoms with Crippen LogP contribution >= 0.6 is 0 Å². The van der Waals surface area contributed by atoms with Gasteiger partial charge < -0.3 is 42.6 Å². The minimum Gasteiger partial charge on any atom is -0.491 e. The summed E-state index contributed by atoms with van der Waals surface area (Å²) in [6.07, 6.45) is 16.8. The minimum absolute atomic E-state index is 0.0999. The number of carbonyl (C=O) groups is 5. The molecule has 7 rings (SSSR count). The Morgan fingerprint density at radius 3 is 1.35 bits per heavy atom. The van der Waals surface area contributed by atoms with Gasteiger partial charge in [-0.2, -0.15) is 0 Å². The summed E-state index contributed by atoms with van der Waals surface area (Å²) in [5.41, 5.74) is 2.36. The van der Waals surface area contributed by atoms with Crippen molar-refractivity contribution >= 4 is 73.5 Å². The predicted octanol–water partition coefficient (Wildman–Crippen LogP) is 10.8. The number of hydrogen-bond donors (Lipinski definition) is 0. The van der Waals surface area contributed by atoms with Gasteiger partial charge in [-0.25, -0.2) is 24.4 Å². The van der Waals surface area contributed by atoms with E-state index in [1.165, 1.54) is 12.2 Å². The maximum absolute atomic E-state index is 13.7. The monoisotopic (exact) mass is 1030 g/mol. The van der Waals surface area contributed by atoms with Crippen LogP contribution in [0.1, 0.15) is 103 Å². The van der Waals surface area contributed by atoms with Gasteiger partial charge in [0.1, 0.15) is 30.5 Å². The second kappa shape index (κ2) is 29.4. The largest absolute Gasteiger partial charge is 0.491 e. The zero-order chi connectivity index (χ0) is 52.8. The molecule has 2 fully saturated rings. The third kappa shape index (κ3) is 16.9. The molecule has 1 heterocycles. The zero-order valence-corrected chi connectivity index (χ0v) is 42.9. The van der Waals surface area contributed by atoms with E-state index in [0.29, 0.717) is 91.4 Å². The summed E-state index contributed by atoms with van der Waals surface area (Å²) in [5, 5.41) is 3.20. The van der Waals surface area contributed by atoms with E-state index in [1.807, 2.05) is 42.5 Å². The van der Waals surface area contributed by atoms with Crippen molar-refractivity contribution in [3.05, 3.63) is 92.6 Å². The number of nitrogens with zero attached hydrogens (tertiary/aromatic N) is 2. The molecule has 0 aliphatic heterocycles. The molecule has 0 spiro atoms. The summed E-state index contributed by atoms with van der Waals surface area (Å²) in [6.45, 7) is 13.1. The molecule has 0 amide bonds. The molecule has 16 heteroatoms. The van der Waals surface area contributed by atoms with Crippen LogP contribution in [0, 0.1) is 11.8 Å². The van der Waals surface area contributed by atoms with Crippen molar-refractivity contribution < 1.29 is 66.6 Å². The molecule has 16 nitrogen and oxygen atoms in total. The van der Waals surface area contributed by atoms with Gasteiger partial charge in [0.05, 0.1) is 72.5 Å². The van der Waals surface area contributed by atoms with Crippen molar-refractivity contribution in [3.8, 4) is 17.2 Å². The Labute approximate surface area is 438 Å². The summed E-state index contributed by atoms with van der Waals surface area (Å²) in [4.78, 5) is 71.3. The van der Waals surface area contributed by atoms with Crippen LogP contribution in [0.15, 0.2) is 92.6 Å². The minimum atomic E-state index is -0.510. The number of fused-ring (bicyclic) bond motifs is 7. The molecule has 2 saturated carbocycles. The molecular formula is C59H70N2O14. The first-order valence-electron chi connectivity index (χ1n) is 26.5. The van der Waals surface area contributed by atoms with E-state index in [0.717, 1.165) is 105 Å². The van der Waals surface area contributed by atoms with Crippen LogP contribution in [0.4, 0.5) is 0 Å². The molecule has 0 N–H and O–H groups in total. The van der Waals surface area contributed by atoms with Crippen LogP contribution in [0.3, 0.4) is 0 Å². The fourth-order valence-electron chi connectivity index (χ4n) is 9.52. The molecule has 0 saturated heterocycles. The van der Waals surface area contributed by atoms with Crippen molar-refractivity contribution in [2.75, 3.05) is 52.9 Å². The highest BCUT2D eigenvalue weighted by Gasteiger charge is 2.30. The highest BCUT2D eigenvalue weighted by Crippen LogP contribution is 2.39. The van der Waals surface area contributed by atoms with E-state index in [2.05, 4.69) is 19.7 Å². The Bertz CT molecular complexity index is 2780. The van der Waals surface area contributed by atoms with Gasteiger partial charge in [0, 0.05) is 48.3 Å². The fourth-order valence-corrected chi connectivity index (χ4v) is 9.52. The first-order chi connectivity index (χ1) is 36.6. The fraction of sp³-hybridized carbons (Fsp3) is 0.475. The Balaban J connectivity index is 1.00. The Hall–Kier alpha value is -6.75. The van der Waals surface area contributed by atoms with Gasteiger partial charge >= 0.3 is 29.8 Å². The lowest BCUT2D eigenvalue weighted by Crippen LogP contribution is -2.29. The number of unbranched alkanes of at least 4 members (excludes halogenated alkanes) is 6. The highest BCUT2D eigenvalue weighted by molar-refractivity contribution is 6.24. The van der Waals surface area contributed by atoms with E-state index >= 15 is 0 Å². The van der Waals surface area contributed by atoms with Crippen LogP contribution in [0.5, 0.6) is 17.2 Å². The maximum Gasteiger partial charge on any atom is 0.330 e. The van der Waals surface area contributed by atoms with Crippen LogP contribution in [-0.2, 0) is 52.4 Å². The van der Waals surface area contributed by atoms with Crippen molar-refractivity contribution in [2.24, 2.45) is 11.8 Å². The Morgan fingerprint density at radius 1 is 0.440 bits per heavy atom. The number of aromatic nitrogens is 2. The topological polar surface area (TPSA) is 194 Å². The van der Waals surface area contributed by atoms with E-state index < -0.39 is 17.9 Å². The van der Waals surface area contributed by atoms with Crippen molar-refractivity contribution in [1.29, 1.82) is 0 Å². The molecule has 2 aliphatic carbocycles. The van der Waals surface area contributed by atoms with E-state index in [9.17, 15) is 24.0 Å². The lowest BCUT2D eigenvalue weighted by molar-refractivity contribution is -0.142. The Morgan fingerprint density at radius 2 is 0.867 bits per heavy atom. The quantitative estimate of drug-likeness (QED) is 0.00801. The average molecular weight is 1030 g/mol. The van der Waals surface area contributed by atoms with Gasteiger partial charge in [-0.05, 0) is 149 Å². The van der Waals surface area contributed by atoms with Crippen LogP contribution < -0.4 is 14.2 Å². The Kier molecular flexibility index (Phi) is 21.9. The highest BCUT2D eigenvalue weighted by atomic mass is 16.6. The molecule has 400 valence electrons. The molecule has 5 aromatic rings. The number of hydrogen-bond acceptors (Lipinski definition) is 16. The number of benzene rings is 4. The van der Waals surface area contributed by atoms with E-state index in [1.54, 1.807) is 12.1 Å². The van der Waals surface area contributed by atoms with Gasteiger partial charge in [-0.15, -0.1) is 0 Å². The molecule has 0 atom stereocenters. The average Bonchev–Trinajstić information content (AvgIpc) is 3.44. The summed E-state index contributed by atoms with van der Waals surface area (Å²) in [5.74, 6) is -1.00. The number of ether oxygens (including phenoxy) is 9. The van der Waals surface area contributed by atoms with Crippen molar-refractivity contribution in [3.63, 3.8) is 0 Å². The second-order valence-corrected chi connectivity index (χ2v) is 18.9. The van der Waals surface area contributed by atoms with Crippen LogP contribution in [-0.4, -0.2) is 105 Å². The standard InChI is InChI=1S/C59H70N2O14/c1-4-53(62)71-31-13-9-7-11-29-68-42-19-15-40(16-20-42)58(65)74-45-23-26-47-48-27-24-46(75-59(66)41-17-21-43(22-18-41)69-30-12-8-10-14-32-72-54(63)5-2)38-50(48)57-56(49(47)37-45)60-51-28-25-44(39-52(51)61-57)70-35-33-67-34-36-73-55(64)6-3/h4-6,23-28,37-43H,1-3,7-22,29-36H2. The summed E-state index contributed by atoms with van der Waals surface area (Å²) >= 11 is 0. The SMILES string of the molecule is C=CC(=O)OCCCCCCOC1CCC(C(=O)Oc2ccc3c4ccc(OC(=O)C5CCC(OCCCCCCOC(=O)C=C)CC5)cc4c4nc5cc(OCCOCCOC(=O)C=C)ccc5nc4c3c2)CC1. The summed E-state index contributed by atoms with van der Waals surface area (Å²) in [6, 6.07) is 16.6. The van der Waals surface area contributed by atoms with Gasteiger partial charge in [-0.1, -0.05) is 32.6 Å². The molecule has 0 unspecified atom stereocenters. The first kappa shape index (κ1) is 56.0. The molecular weight excluding hydrogens is 961 g/mol. The summed E-state index contributed by atoms with van der Waals surface area (Å²) < 4.78 is 51.1. The lowest BCUT2D eigenvalue weighted by atomic mass is 9.87. The van der Waals surface area contributed by atoms with Gasteiger partial charge in [0.25, 0.3) is 0 Å². The van der Waals surface area contributed by atoms with Gasteiger partial charge in [0.2, 0.25) is 0 Å². The molecule has 4 aromatic carbocycles. The molecule has 1 aromatic heterocycles. The normalized spacial score (nSPS) is 17.5. The number of rotatable bonds is 30. The molecule has 0 radical (unpaired) electrons. The van der Waals surface area contributed by atoms with Crippen molar-refractivity contribution in [1.82, 2.24) is 9.97 Å². The lowest BCUT2D eigenvalue weighted by Gasteiger charge is -2.27. The third-order valence-electron chi connectivity index (χ3n) is 13.6. The van der Waals surface area contributed by atoms with E-state index in [4.69, 9.17) is 52.6 Å². The van der Waals surface area contributed by atoms with Gasteiger partial charge in [0.15, 0.2) is 0 Å². The van der Waals surface area contributed by atoms with Crippen LogP contribution in [0.2, 0.25) is 0 Å². The molecule has 0 bridgehead atoms.